The Kier molecular flexibility index (Phi) is 7.75. The normalized spacial score (nSPS) is 11.9. The Morgan fingerprint density at radius 3 is 2.62 bits per heavy atom. The largest absolute Gasteiger partial charge is 0.337 e. The zero-order valence-corrected chi connectivity index (χ0v) is 15.9. The summed E-state index contributed by atoms with van der Waals surface area (Å²) >= 11 is 7.39. The molecule has 0 bridgehead atoms. The first-order valence-electron chi connectivity index (χ1n) is 7.74. The highest BCUT2D eigenvalue weighted by molar-refractivity contribution is 7.84. The van der Waals surface area contributed by atoms with Crippen molar-refractivity contribution >= 4 is 39.8 Å². The molecule has 1 atom stereocenters. The smallest absolute Gasteiger partial charge is 0.317 e. The molecule has 0 aliphatic heterocycles. The molecule has 1 N–H and O–H groups in total. The maximum Gasteiger partial charge on any atom is 0.317 e. The van der Waals surface area contributed by atoms with Crippen LogP contribution in [-0.2, 0) is 23.1 Å². The minimum atomic E-state index is -0.986. The lowest BCUT2D eigenvalue weighted by atomic mass is 10.2. The van der Waals surface area contributed by atoms with Gasteiger partial charge in [-0.3, -0.25) is 4.21 Å². The van der Waals surface area contributed by atoms with Crippen LogP contribution in [0.5, 0.6) is 0 Å². The van der Waals surface area contributed by atoms with Gasteiger partial charge >= 0.3 is 6.03 Å². The Morgan fingerprint density at radius 1 is 1.25 bits per heavy atom. The molecule has 2 aromatic rings. The first kappa shape index (κ1) is 19.0. The predicted octanol–water partition coefficient (Wildman–Crippen LogP) is 3.88. The van der Waals surface area contributed by atoms with Crippen molar-refractivity contribution < 1.29 is 9.00 Å². The molecule has 0 saturated heterocycles. The summed E-state index contributed by atoms with van der Waals surface area (Å²) in [6, 6.07) is 13.3. The fourth-order valence-electron chi connectivity index (χ4n) is 2.17. The number of hydrogen-bond donors (Lipinski definition) is 1. The molecule has 4 nitrogen and oxygen atoms in total. The number of urea groups is 1. The Hall–Kier alpha value is -1.37. The molecular weight excluding hydrogens is 364 g/mol. The van der Waals surface area contributed by atoms with E-state index in [-0.39, 0.29) is 6.03 Å². The number of thiophene rings is 1. The van der Waals surface area contributed by atoms with Crippen LogP contribution in [-0.4, -0.2) is 34.0 Å². The van der Waals surface area contributed by atoms with Gasteiger partial charge in [0.2, 0.25) is 0 Å². The molecule has 1 heterocycles. The molecule has 1 aromatic carbocycles. The van der Waals surface area contributed by atoms with Crippen molar-refractivity contribution in [2.24, 2.45) is 0 Å². The maximum absolute atomic E-state index is 12.2. The van der Waals surface area contributed by atoms with Gasteiger partial charge in [0.25, 0.3) is 0 Å². The van der Waals surface area contributed by atoms with Crippen LogP contribution < -0.4 is 5.32 Å². The van der Waals surface area contributed by atoms with Crippen molar-refractivity contribution in [1.29, 1.82) is 0 Å². The van der Waals surface area contributed by atoms with E-state index in [0.29, 0.717) is 31.1 Å². The summed E-state index contributed by atoms with van der Waals surface area (Å²) in [5.41, 5.74) is 1.05. The van der Waals surface area contributed by atoms with Gasteiger partial charge in [0, 0.05) is 40.3 Å². The third-order valence-electron chi connectivity index (χ3n) is 3.42. The highest BCUT2D eigenvalue weighted by Crippen LogP contribution is 2.22. The topological polar surface area (TPSA) is 49.4 Å². The zero-order chi connectivity index (χ0) is 17.4. The number of benzene rings is 1. The van der Waals surface area contributed by atoms with E-state index in [1.165, 1.54) is 11.3 Å². The molecule has 0 aliphatic carbocycles. The monoisotopic (exact) mass is 384 g/mol. The van der Waals surface area contributed by atoms with Gasteiger partial charge in [0.05, 0.1) is 10.9 Å². The van der Waals surface area contributed by atoms with E-state index in [1.807, 2.05) is 49.4 Å². The summed E-state index contributed by atoms with van der Waals surface area (Å²) in [4.78, 5) is 15.0. The van der Waals surface area contributed by atoms with Gasteiger partial charge in [0.15, 0.2) is 0 Å². The van der Waals surface area contributed by atoms with Gasteiger partial charge in [-0.2, -0.15) is 0 Å². The number of carbonyl (C=O) groups excluding carboxylic acids is 1. The van der Waals surface area contributed by atoms with Crippen LogP contribution in [0.1, 0.15) is 17.4 Å². The third-order valence-corrected chi connectivity index (χ3v) is 5.95. The number of hydrogen-bond acceptors (Lipinski definition) is 3. The average molecular weight is 385 g/mol. The SMILES string of the molecule is CCN(Cc1ccc(Cl)s1)C(=O)NCCS(=O)Cc1ccccc1. The van der Waals surface area contributed by atoms with E-state index >= 15 is 0 Å². The van der Waals surface area contributed by atoms with Crippen molar-refractivity contribution in [3.05, 3.63) is 57.2 Å². The first-order valence-corrected chi connectivity index (χ1v) is 10.4. The van der Waals surface area contributed by atoms with Crippen molar-refractivity contribution in [3.8, 4) is 0 Å². The molecule has 0 radical (unpaired) electrons. The molecule has 1 unspecified atom stereocenters. The van der Waals surface area contributed by atoms with Crippen LogP contribution in [0, 0.1) is 0 Å². The second-order valence-electron chi connectivity index (χ2n) is 5.23. The molecule has 1 aromatic heterocycles. The highest BCUT2D eigenvalue weighted by atomic mass is 35.5. The summed E-state index contributed by atoms with van der Waals surface area (Å²) in [6.07, 6.45) is 0. The molecule has 130 valence electrons. The van der Waals surface area contributed by atoms with Crippen molar-refractivity contribution in [1.82, 2.24) is 10.2 Å². The number of carbonyl (C=O) groups is 1. The van der Waals surface area contributed by atoms with Gasteiger partial charge in [-0.15, -0.1) is 11.3 Å². The fourth-order valence-corrected chi connectivity index (χ4v) is 4.31. The number of amides is 2. The first-order chi connectivity index (χ1) is 11.6. The Balaban J connectivity index is 1.73. The van der Waals surface area contributed by atoms with Gasteiger partial charge in [-0.25, -0.2) is 4.79 Å². The quantitative estimate of drug-likeness (QED) is 0.750. The third kappa shape index (κ3) is 6.26. The Labute approximate surface area is 154 Å². The summed E-state index contributed by atoms with van der Waals surface area (Å²) in [6.45, 7) is 3.48. The summed E-state index contributed by atoms with van der Waals surface area (Å²) in [5, 5.41) is 2.84. The van der Waals surface area contributed by atoms with Crippen molar-refractivity contribution in [2.45, 2.75) is 19.2 Å². The molecule has 0 aliphatic rings. The maximum atomic E-state index is 12.2. The van der Waals surface area contributed by atoms with Crippen LogP contribution in [0.2, 0.25) is 4.34 Å². The predicted molar refractivity (Wildman–Crippen MR) is 102 cm³/mol. The molecule has 24 heavy (non-hydrogen) atoms. The lowest BCUT2D eigenvalue weighted by Crippen LogP contribution is -2.40. The van der Waals surface area contributed by atoms with Gasteiger partial charge in [0.1, 0.15) is 0 Å². The molecular formula is C17H21ClN2O2S2. The number of rotatable bonds is 8. The van der Waals surface area contributed by atoms with E-state index in [9.17, 15) is 9.00 Å². The van der Waals surface area contributed by atoms with Crippen LogP contribution in [0.15, 0.2) is 42.5 Å². The van der Waals surface area contributed by atoms with E-state index < -0.39 is 10.8 Å². The summed E-state index contributed by atoms with van der Waals surface area (Å²) < 4.78 is 12.8. The van der Waals surface area contributed by atoms with Crippen LogP contribution >= 0.6 is 22.9 Å². The summed E-state index contributed by atoms with van der Waals surface area (Å²) in [5.74, 6) is 0.963. The molecule has 2 amide bonds. The van der Waals surface area contributed by atoms with Crippen molar-refractivity contribution in [2.75, 3.05) is 18.8 Å². The molecule has 7 heteroatoms. The van der Waals surface area contributed by atoms with Gasteiger partial charge < -0.3 is 10.2 Å². The van der Waals surface area contributed by atoms with Crippen LogP contribution in [0.25, 0.3) is 0 Å². The van der Waals surface area contributed by atoms with Crippen molar-refractivity contribution in [3.63, 3.8) is 0 Å². The summed E-state index contributed by atoms with van der Waals surface area (Å²) in [7, 11) is -0.986. The Morgan fingerprint density at radius 2 is 2.00 bits per heavy atom. The molecule has 0 saturated carbocycles. The standard InChI is InChI=1S/C17H21ClN2O2S2/c1-2-20(12-15-8-9-16(18)23-15)17(21)19-10-11-24(22)13-14-6-4-3-5-7-14/h3-9H,2,10-13H2,1H3,(H,19,21). The van der Waals surface area contributed by atoms with E-state index in [2.05, 4.69) is 5.32 Å². The lowest BCUT2D eigenvalue weighted by molar-refractivity contribution is 0.199. The molecule has 0 fully saturated rings. The minimum absolute atomic E-state index is 0.140. The Bertz CT molecular complexity index is 676. The average Bonchev–Trinajstić information content (AvgIpc) is 2.98. The second kappa shape index (κ2) is 9.81. The highest BCUT2D eigenvalue weighted by Gasteiger charge is 2.13. The van der Waals surface area contributed by atoms with Gasteiger partial charge in [-0.1, -0.05) is 41.9 Å². The molecule has 2 rings (SSSR count). The van der Waals surface area contributed by atoms with E-state index in [0.717, 1.165) is 14.8 Å². The van der Waals surface area contributed by atoms with Gasteiger partial charge in [-0.05, 0) is 24.6 Å². The zero-order valence-electron chi connectivity index (χ0n) is 13.5. The second-order valence-corrected chi connectivity index (χ2v) is 8.60. The number of nitrogens with zero attached hydrogens (tertiary/aromatic N) is 1. The van der Waals surface area contributed by atoms with E-state index in [4.69, 9.17) is 11.6 Å². The fraction of sp³-hybridized carbons (Fsp3) is 0.353. The number of nitrogens with one attached hydrogen (secondary N) is 1. The van der Waals surface area contributed by atoms with Crippen LogP contribution in [0.4, 0.5) is 4.79 Å². The van der Waals surface area contributed by atoms with E-state index in [1.54, 1.807) is 4.90 Å². The van der Waals surface area contributed by atoms with Crippen LogP contribution in [0.3, 0.4) is 0 Å². The number of halogens is 1. The lowest BCUT2D eigenvalue weighted by Gasteiger charge is -2.20. The minimum Gasteiger partial charge on any atom is -0.337 e. The molecule has 0 spiro atoms.